The van der Waals surface area contributed by atoms with Crippen LogP contribution in [0, 0.1) is 0 Å². The van der Waals surface area contributed by atoms with Crippen LogP contribution in [-0.4, -0.2) is 27.2 Å². The molecule has 3 rings (SSSR count). The highest BCUT2D eigenvalue weighted by molar-refractivity contribution is 7.09. The van der Waals surface area contributed by atoms with Gasteiger partial charge in [-0.3, -0.25) is 14.6 Å². The zero-order valence-electron chi connectivity index (χ0n) is 29.8. The fraction of sp³-hybridized carbons (Fsp3) is 0.405. The van der Waals surface area contributed by atoms with E-state index in [1.807, 2.05) is 36.5 Å². The van der Waals surface area contributed by atoms with Gasteiger partial charge in [-0.25, -0.2) is 4.57 Å². The summed E-state index contributed by atoms with van der Waals surface area (Å²) in [6.07, 6.45) is 34.8. The second kappa shape index (κ2) is 24.7. The molecule has 0 atom stereocenters. The summed E-state index contributed by atoms with van der Waals surface area (Å²) in [6, 6.07) is 11.7. The number of benzene rings is 1. The third-order valence-corrected chi connectivity index (χ3v) is 8.88. The summed E-state index contributed by atoms with van der Waals surface area (Å²) in [5.41, 5.74) is 3.14. The molecule has 0 aliphatic rings. The number of unbranched alkanes of at least 4 members (excludes halogenated alkanes) is 3. The molecule has 2 heterocycles. The summed E-state index contributed by atoms with van der Waals surface area (Å²) >= 11 is 0.958. The van der Waals surface area contributed by atoms with E-state index in [1.54, 1.807) is 0 Å². The van der Waals surface area contributed by atoms with E-state index in [-0.39, 0.29) is 29.9 Å². The van der Waals surface area contributed by atoms with Crippen molar-refractivity contribution < 1.29 is 19.4 Å². The molecule has 7 nitrogen and oxygen atoms in total. The fourth-order valence-corrected chi connectivity index (χ4v) is 5.83. The molecule has 0 unspecified atom stereocenters. The number of aromatic hydroxyl groups is 1. The maximum absolute atomic E-state index is 12.5. The van der Waals surface area contributed by atoms with Gasteiger partial charge in [-0.05, 0) is 87.1 Å². The normalized spacial score (nSPS) is 12.0. The predicted molar refractivity (Wildman–Crippen MR) is 206 cm³/mol. The number of thiazole rings is 1. The van der Waals surface area contributed by atoms with Gasteiger partial charge in [0.05, 0.1) is 11.5 Å². The molecule has 0 fully saturated rings. The van der Waals surface area contributed by atoms with Crippen LogP contribution in [0.15, 0.2) is 108 Å². The van der Waals surface area contributed by atoms with Crippen LogP contribution in [0.4, 0.5) is 0 Å². The summed E-state index contributed by atoms with van der Waals surface area (Å²) in [5.74, 6) is 0.213. The van der Waals surface area contributed by atoms with Crippen molar-refractivity contribution in [2.24, 2.45) is 0 Å². The number of rotatable bonds is 24. The Hall–Kier alpha value is -4.43. The van der Waals surface area contributed by atoms with Crippen molar-refractivity contribution in [3.63, 3.8) is 0 Å². The molecule has 268 valence electrons. The molecule has 0 bridgehead atoms. The number of carbonyl (C=O) groups is 1. The first-order chi connectivity index (χ1) is 24.5. The van der Waals surface area contributed by atoms with E-state index in [1.165, 1.54) is 5.56 Å². The number of pyridine rings is 1. The van der Waals surface area contributed by atoms with Gasteiger partial charge in [0.15, 0.2) is 6.73 Å². The molecular formula is C42H54N2O5S. The fourth-order valence-electron chi connectivity index (χ4n) is 4.93. The smallest absolute Gasteiger partial charge is 0.313 e. The van der Waals surface area contributed by atoms with Crippen molar-refractivity contribution in [2.75, 3.05) is 6.61 Å². The largest absolute Gasteiger partial charge is 0.494 e. The Kier molecular flexibility index (Phi) is 19.7. The first kappa shape index (κ1) is 40.0. The first-order valence-corrected chi connectivity index (χ1v) is 18.8. The lowest BCUT2D eigenvalue weighted by Crippen LogP contribution is -2.17. The highest BCUT2D eigenvalue weighted by Gasteiger charge is 2.16. The van der Waals surface area contributed by atoms with Crippen LogP contribution in [0.25, 0.3) is 0 Å². The topological polar surface area (TPSA) is 90.7 Å². The van der Waals surface area contributed by atoms with Crippen molar-refractivity contribution in [1.82, 2.24) is 9.55 Å². The van der Waals surface area contributed by atoms with Crippen molar-refractivity contribution in [3.05, 3.63) is 135 Å². The van der Waals surface area contributed by atoms with E-state index in [2.05, 4.69) is 85.7 Å². The molecule has 2 aromatic heterocycles. The van der Waals surface area contributed by atoms with Gasteiger partial charge >= 0.3 is 10.8 Å². The number of nitrogens with zero attached hydrogens (tertiary/aromatic N) is 2. The lowest BCUT2D eigenvalue weighted by atomic mass is 10.1. The molecule has 3 aromatic rings. The molecule has 0 saturated carbocycles. The van der Waals surface area contributed by atoms with Crippen LogP contribution in [-0.2, 0) is 35.5 Å². The number of hydrogen-bond acceptors (Lipinski definition) is 7. The number of ether oxygens (including phenoxy) is 2. The molecule has 8 heteroatoms. The van der Waals surface area contributed by atoms with Crippen molar-refractivity contribution >= 4 is 17.3 Å². The lowest BCUT2D eigenvalue weighted by Gasteiger charge is -2.08. The maximum Gasteiger partial charge on any atom is 0.313 e. The Bertz CT molecular complexity index is 1590. The lowest BCUT2D eigenvalue weighted by molar-refractivity contribution is -0.147. The van der Waals surface area contributed by atoms with Gasteiger partial charge in [0, 0.05) is 31.2 Å². The minimum absolute atomic E-state index is 0.160. The average molecular weight is 699 g/mol. The zero-order valence-corrected chi connectivity index (χ0v) is 30.6. The van der Waals surface area contributed by atoms with Gasteiger partial charge in [-0.2, -0.15) is 0 Å². The summed E-state index contributed by atoms with van der Waals surface area (Å²) in [4.78, 5) is 29.4. The Labute approximate surface area is 302 Å². The van der Waals surface area contributed by atoms with Crippen molar-refractivity contribution in [2.45, 2.75) is 104 Å². The third-order valence-electron chi connectivity index (χ3n) is 7.91. The van der Waals surface area contributed by atoms with Crippen LogP contribution < -0.4 is 9.61 Å². The van der Waals surface area contributed by atoms with Gasteiger partial charge in [-0.1, -0.05) is 111 Å². The number of esters is 1. The Morgan fingerprint density at radius 1 is 0.820 bits per heavy atom. The average Bonchev–Trinajstić information content (AvgIpc) is 3.39. The maximum atomic E-state index is 12.5. The molecular weight excluding hydrogens is 645 g/mol. The Morgan fingerprint density at radius 3 is 2.08 bits per heavy atom. The Balaban J connectivity index is 1.25. The third kappa shape index (κ3) is 16.3. The molecule has 0 spiro atoms. The monoisotopic (exact) mass is 698 g/mol. The molecule has 0 radical (unpaired) electrons. The summed E-state index contributed by atoms with van der Waals surface area (Å²) in [7, 11) is 0. The van der Waals surface area contributed by atoms with Gasteiger partial charge in [0.25, 0.3) is 0 Å². The van der Waals surface area contributed by atoms with E-state index in [0.717, 1.165) is 104 Å². The summed E-state index contributed by atoms with van der Waals surface area (Å²) in [6.45, 7) is 4.49. The van der Waals surface area contributed by atoms with Gasteiger partial charge in [0.1, 0.15) is 5.75 Å². The Morgan fingerprint density at radius 2 is 1.46 bits per heavy atom. The van der Waals surface area contributed by atoms with Crippen LogP contribution in [0.3, 0.4) is 0 Å². The summed E-state index contributed by atoms with van der Waals surface area (Å²) < 4.78 is 12.3. The molecule has 0 saturated heterocycles. The van der Waals surface area contributed by atoms with Crippen LogP contribution in [0.1, 0.15) is 99.8 Å². The van der Waals surface area contributed by atoms with Crippen molar-refractivity contribution in [1.29, 1.82) is 0 Å². The first-order valence-electron chi connectivity index (χ1n) is 18.0. The second-order valence-electron chi connectivity index (χ2n) is 11.9. The highest BCUT2D eigenvalue weighted by atomic mass is 32.1. The van der Waals surface area contributed by atoms with Crippen molar-refractivity contribution in [3.8, 4) is 11.6 Å². The predicted octanol–water partition coefficient (Wildman–Crippen LogP) is 9.99. The summed E-state index contributed by atoms with van der Waals surface area (Å²) in [5, 5.41) is 10.7. The standard InChI is InChI=1S/C42H54N2O5S/c1-3-5-6-7-8-9-10-11-12-13-14-15-16-17-18-19-20-21-22-23-40(45)49-34-44-41(46)39(50-42(44)47)32-36-25-28-38(29-26-36)48-31-30-37-27-24-35(4-2)33-43-37/h5-6,8-9,11-12,14-15,17-18,24-29,33,46H,3-4,7,10,13,16,19-23,30-32,34H2,1-2H3. The molecule has 0 aliphatic carbocycles. The highest BCUT2D eigenvalue weighted by Crippen LogP contribution is 2.24. The molecule has 1 aromatic carbocycles. The minimum atomic E-state index is -0.372. The van der Waals surface area contributed by atoms with Gasteiger partial charge in [0.2, 0.25) is 5.88 Å². The minimum Gasteiger partial charge on any atom is -0.494 e. The number of carbonyl (C=O) groups excluding carboxylic acids is 1. The number of allylic oxidation sites excluding steroid dienone is 10. The number of aryl methyl sites for hydroxylation is 1. The zero-order chi connectivity index (χ0) is 35.7. The number of hydrogen-bond donors (Lipinski definition) is 1. The number of aromatic nitrogens is 2. The van der Waals surface area contributed by atoms with E-state index in [0.29, 0.717) is 17.9 Å². The van der Waals surface area contributed by atoms with E-state index < -0.39 is 0 Å². The van der Waals surface area contributed by atoms with Gasteiger partial charge in [-0.15, -0.1) is 0 Å². The second-order valence-corrected chi connectivity index (χ2v) is 13.0. The quantitative estimate of drug-likeness (QED) is 0.0569. The molecule has 50 heavy (non-hydrogen) atoms. The van der Waals surface area contributed by atoms with E-state index in [4.69, 9.17) is 9.47 Å². The molecule has 1 N–H and O–H groups in total. The van der Waals surface area contributed by atoms with Crippen LogP contribution in [0.2, 0.25) is 0 Å². The van der Waals surface area contributed by atoms with Crippen LogP contribution >= 0.6 is 11.3 Å². The van der Waals surface area contributed by atoms with E-state index in [9.17, 15) is 14.7 Å². The van der Waals surface area contributed by atoms with Crippen LogP contribution in [0.5, 0.6) is 11.6 Å². The van der Waals surface area contributed by atoms with Gasteiger partial charge < -0.3 is 14.6 Å². The molecule has 0 amide bonds. The molecule has 0 aliphatic heterocycles. The van der Waals surface area contributed by atoms with E-state index >= 15 is 0 Å². The SMILES string of the molecule is CCC=CCC=CCC=CCC=CCC=CCCCCCC(=O)OCn1c(O)c(Cc2ccc(OCCc3ccc(CC)cn3)cc2)sc1=O.